The lowest BCUT2D eigenvalue weighted by atomic mass is 10.0. The van der Waals surface area contributed by atoms with E-state index in [2.05, 4.69) is 41.3 Å². The topological polar surface area (TPSA) is 57.8 Å². The summed E-state index contributed by atoms with van der Waals surface area (Å²) in [5.74, 6) is 1.14. The van der Waals surface area contributed by atoms with E-state index < -0.39 is 0 Å². The number of aromatic nitrogens is 2. The van der Waals surface area contributed by atoms with Crippen molar-refractivity contribution >= 4 is 0 Å². The average Bonchev–Trinajstić information content (AvgIpc) is 3.29. The Balaban J connectivity index is 1.84. The highest BCUT2D eigenvalue weighted by atomic mass is 16.1. The largest absolute Gasteiger partial charge is 0.308 e. The first-order valence-electron chi connectivity index (χ1n) is 7.56. The third-order valence-corrected chi connectivity index (χ3v) is 3.79. The molecule has 0 spiro atoms. The number of H-pyrrole nitrogens is 1. The number of rotatable bonds is 5. The van der Waals surface area contributed by atoms with Gasteiger partial charge >= 0.3 is 0 Å². The molecule has 0 saturated heterocycles. The molecular formula is C17H21N3O. The summed E-state index contributed by atoms with van der Waals surface area (Å²) < 4.78 is 0. The van der Waals surface area contributed by atoms with Gasteiger partial charge in [0.05, 0.1) is 5.69 Å². The fourth-order valence-electron chi connectivity index (χ4n) is 2.30. The van der Waals surface area contributed by atoms with Gasteiger partial charge in [-0.25, -0.2) is 4.98 Å². The number of hydrogen-bond donors (Lipinski definition) is 2. The van der Waals surface area contributed by atoms with Gasteiger partial charge in [-0.05, 0) is 24.3 Å². The summed E-state index contributed by atoms with van der Waals surface area (Å²) in [6, 6.07) is 10.4. The Labute approximate surface area is 124 Å². The molecule has 1 aliphatic carbocycles. The van der Waals surface area contributed by atoms with Crippen LogP contribution in [-0.4, -0.2) is 16.0 Å². The molecule has 4 nitrogen and oxygen atoms in total. The van der Waals surface area contributed by atoms with Gasteiger partial charge in [0, 0.05) is 24.2 Å². The molecule has 2 N–H and O–H groups in total. The molecule has 1 fully saturated rings. The van der Waals surface area contributed by atoms with Crippen molar-refractivity contribution in [3.8, 4) is 11.4 Å². The lowest BCUT2D eigenvalue weighted by molar-refractivity contribution is 0.672. The average molecular weight is 283 g/mol. The highest BCUT2D eigenvalue weighted by molar-refractivity contribution is 5.55. The minimum Gasteiger partial charge on any atom is -0.308 e. The second-order valence-electron chi connectivity index (χ2n) is 6.02. The molecule has 0 atom stereocenters. The van der Waals surface area contributed by atoms with E-state index in [9.17, 15) is 4.79 Å². The van der Waals surface area contributed by atoms with Gasteiger partial charge in [0.15, 0.2) is 0 Å². The van der Waals surface area contributed by atoms with Crippen molar-refractivity contribution in [2.45, 2.75) is 45.2 Å². The van der Waals surface area contributed by atoms with Gasteiger partial charge in [-0.2, -0.15) is 0 Å². The van der Waals surface area contributed by atoms with E-state index in [1.165, 1.54) is 18.4 Å². The maximum absolute atomic E-state index is 11.8. The molecule has 0 bridgehead atoms. The van der Waals surface area contributed by atoms with Crippen molar-refractivity contribution < 1.29 is 0 Å². The molecule has 1 aromatic carbocycles. The quantitative estimate of drug-likeness (QED) is 0.887. The van der Waals surface area contributed by atoms with Crippen molar-refractivity contribution in [1.82, 2.24) is 15.3 Å². The monoisotopic (exact) mass is 283 g/mol. The van der Waals surface area contributed by atoms with Crippen LogP contribution in [0.5, 0.6) is 0 Å². The number of nitrogens with one attached hydrogen (secondary N) is 2. The van der Waals surface area contributed by atoms with Crippen molar-refractivity contribution in [2.75, 3.05) is 0 Å². The maximum atomic E-state index is 11.8. The van der Waals surface area contributed by atoms with Gasteiger partial charge in [0.2, 0.25) is 0 Å². The van der Waals surface area contributed by atoms with E-state index in [0.29, 0.717) is 24.3 Å². The zero-order chi connectivity index (χ0) is 14.8. The van der Waals surface area contributed by atoms with E-state index in [-0.39, 0.29) is 5.56 Å². The Kier molecular flexibility index (Phi) is 3.88. The Bertz CT molecular complexity index is 669. The maximum Gasteiger partial charge on any atom is 0.251 e. The second-order valence-corrected chi connectivity index (χ2v) is 6.02. The molecule has 1 heterocycles. The molecule has 1 saturated carbocycles. The molecule has 0 radical (unpaired) electrons. The molecule has 21 heavy (non-hydrogen) atoms. The van der Waals surface area contributed by atoms with Crippen molar-refractivity contribution in [1.29, 1.82) is 0 Å². The smallest absolute Gasteiger partial charge is 0.251 e. The SMILES string of the molecule is CC(C)c1ccc(-c2nc(CNC3CC3)cc(=O)[nH]2)cc1. The molecule has 3 rings (SSSR count). The summed E-state index contributed by atoms with van der Waals surface area (Å²) in [4.78, 5) is 19.2. The fourth-order valence-corrected chi connectivity index (χ4v) is 2.30. The van der Waals surface area contributed by atoms with Gasteiger partial charge < -0.3 is 10.3 Å². The summed E-state index contributed by atoms with van der Waals surface area (Å²) in [6.45, 7) is 4.99. The van der Waals surface area contributed by atoms with Gasteiger partial charge in [0.25, 0.3) is 5.56 Å². The van der Waals surface area contributed by atoms with Gasteiger partial charge in [-0.1, -0.05) is 38.1 Å². The normalized spacial score (nSPS) is 14.6. The van der Waals surface area contributed by atoms with E-state index in [0.717, 1.165) is 11.3 Å². The number of aromatic amines is 1. The zero-order valence-corrected chi connectivity index (χ0v) is 12.5. The van der Waals surface area contributed by atoms with Crippen LogP contribution in [0.2, 0.25) is 0 Å². The molecule has 0 unspecified atom stereocenters. The molecule has 1 aliphatic rings. The van der Waals surface area contributed by atoms with E-state index in [1.54, 1.807) is 6.07 Å². The van der Waals surface area contributed by atoms with Crippen LogP contribution in [0, 0.1) is 0 Å². The van der Waals surface area contributed by atoms with Crippen LogP contribution in [-0.2, 0) is 6.54 Å². The van der Waals surface area contributed by atoms with Crippen LogP contribution < -0.4 is 10.9 Å². The highest BCUT2D eigenvalue weighted by Crippen LogP contribution is 2.20. The predicted octanol–water partition coefficient (Wildman–Crippen LogP) is 2.81. The van der Waals surface area contributed by atoms with Crippen LogP contribution in [0.4, 0.5) is 0 Å². The third-order valence-electron chi connectivity index (χ3n) is 3.79. The molecule has 1 aromatic heterocycles. The fraction of sp³-hybridized carbons (Fsp3) is 0.412. The van der Waals surface area contributed by atoms with Crippen molar-refractivity contribution in [2.24, 2.45) is 0 Å². The van der Waals surface area contributed by atoms with E-state index in [4.69, 9.17) is 0 Å². The van der Waals surface area contributed by atoms with Gasteiger partial charge in [-0.3, -0.25) is 4.79 Å². The standard InChI is InChI=1S/C17H21N3O/c1-11(2)12-3-5-13(6-4-12)17-19-15(9-16(21)20-17)10-18-14-7-8-14/h3-6,9,11,14,18H,7-8,10H2,1-2H3,(H,19,20,21). The van der Waals surface area contributed by atoms with Crippen molar-refractivity contribution in [3.05, 3.63) is 51.9 Å². The first-order valence-corrected chi connectivity index (χ1v) is 7.56. The molecular weight excluding hydrogens is 262 g/mol. The minimum absolute atomic E-state index is 0.0967. The summed E-state index contributed by atoms with van der Waals surface area (Å²) in [6.07, 6.45) is 2.46. The predicted molar refractivity (Wildman–Crippen MR) is 84.2 cm³/mol. The molecule has 0 aliphatic heterocycles. The zero-order valence-electron chi connectivity index (χ0n) is 12.5. The Morgan fingerprint density at radius 1 is 1.29 bits per heavy atom. The molecule has 110 valence electrons. The van der Waals surface area contributed by atoms with E-state index in [1.807, 2.05) is 12.1 Å². The Hall–Kier alpha value is -1.94. The van der Waals surface area contributed by atoms with E-state index >= 15 is 0 Å². The van der Waals surface area contributed by atoms with Crippen LogP contribution in [0.15, 0.2) is 35.1 Å². The van der Waals surface area contributed by atoms with Gasteiger partial charge in [-0.15, -0.1) is 0 Å². The van der Waals surface area contributed by atoms with Crippen LogP contribution >= 0.6 is 0 Å². The second kappa shape index (κ2) is 5.82. The van der Waals surface area contributed by atoms with Crippen molar-refractivity contribution in [3.63, 3.8) is 0 Å². The minimum atomic E-state index is -0.0967. The number of nitrogens with zero attached hydrogens (tertiary/aromatic N) is 1. The van der Waals surface area contributed by atoms with Crippen LogP contribution in [0.3, 0.4) is 0 Å². The summed E-state index contributed by atoms with van der Waals surface area (Å²) in [7, 11) is 0. The summed E-state index contributed by atoms with van der Waals surface area (Å²) in [5.41, 5.74) is 2.94. The lowest BCUT2D eigenvalue weighted by Gasteiger charge is -2.08. The third kappa shape index (κ3) is 3.58. The molecule has 4 heteroatoms. The van der Waals surface area contributed by atoms with Crippen LogP contribution in [0.1, 0.15) is 43.9 Å². The number of benzene rings is 1. The highest BCUT2D eigenvalue weighted by Gasteiger charge is 2.20. The summed E-state index contributed by atoms with van der Waals surface area (Å²) >= 11 is 0. The Morgan fingerprint density at radius 2 is 2.00 bits per heavy atom. The molecule has 2 aromatic rings. The summed E-state index contributed by atoms with van der Waals surface area (Å²) in [5, 5.41) is 3.39. The molecule has 0 amide bonds. The number of hydrogen-bond acceptors (Lipinski definition) is 3. The van der Waals surface area contributed by atoms with Gasteiger partial charge in [0.1, 0.15) is 5.82 Å². The lowest BCUT2D eigenvalue weighted by Crippen LogP contribution is -2.19. The Morgan fingerprint density at radius 3 is 2.62 bits per heavy atom. The van der Waals surface area contributed by atoms with Crippen LogP contribution in [0.25, 0.3) is 11.4 Å². The first-order chi connectivity index (χ1) is 10.1. The first kappa shape index (κ1) is 14.0.